The highest BCUT2D eigenvalue weighted by Crippen LogP contribution is 2.30. The van der Waals surface area contributed by atoms with Crippen molar-refractivity contribution in [1.82, 2.24) is 0 Å². The molecule has 0 heterocycles. The van der Waals surface area contributed by atoms with Crippen LogP contribution in [-0.2, 0) is 0 Å². The zero-order valence-electron chi connectivity index (χ0n) is 8.77. The van der Waals surface area contributed by atoms with E-state index in [9.17, 15) is 0 Å². The van der Waals surface area contributed by atoms with E-state index in [2.05, 4.69) is 26.8 Å². The van der Waals surface area contributed by atoms with Crippen LogP contribution in [0.1, 0.15) is 52.9 Å². The van der Waals surface area contributed by atoms with Gasteiger partial charge in [0.2, 0.25) is 0 Å². The Kier molecular flexibility index (Phi) is 3.84. The summed E-state index contributed by atoms with van der Waals surface area (Å²) >= 11 is 0. The first-order valence-corrected chi connectivity index (χ1v) is 5.39. The third-order valence-corrected chi connectivity index (χ3v) is 2.82. The van der Waals surface area contributed by atoms with Crippen molar-refractivity contribution in [3.05, 3.63) is 11.6 Å². The summed E-state index contributed by atoms with van der Waals surface area (Å²) in [6.07, 6.45) is 9.44. The Hall–Kier alpha value is -0.260. The molecule has 2 unspecified atom stereocenters. The van der Waals surface area contributed by atoms with Crippen molar-refractivity contribution in [1.29, 1.82) is 0 Å². The minimum Gasteiger partial charge on any atom is -0.0825 e. The van der Waals surface area contributed by atoms with Crippen LogP contribution >= 0.6 is 0 Å². The lowest BCUT2D eigenvalue weighted by atomic mass is 9.82. The summed E-state index contributed by atoms with van der Waals surface area (Å²) in [5.74, 6) is 1.82. The number of rotatable bonds is 3. The molecule has 70 valence electrons. The Bertz CT molecular complexity index is 155. The van der Waals surface area contributed by atoms with Crippen molar-refractivity contribution in [2.45, 2.75) is 52.9 Å². The van der Waals surface area contributed by atoms with Gasteiger partial charge >= 0.3 is 0 Å². The summed E-state index contributed by atoms with van der Waals surface area (Å²) < 4.78 is 0. The minimum absolute atomic E-state index is 0.897. The Morgan fingerprint density at radius 2 is 2.25 bits per heavy atom. The number of hydrogen-bond acceptors (Lipinski definition) is 0. The highest BCUT2D eigenvalue weighted by Gasteiger charge is 2.16. The highest BCUT2D eigenvalue weighted by atomic mass is 14.2. The van der Waals surface area contributed by atoms with Crippen LogP contribution in [0, 0.1) is 11.8 Å². The normalized spacial score (nSPS) is 30.1. The Balaban J connectivity index is 2.38. The molecule has 0 saturated carbocycles. The molecule has 2 atom stereocenters. The van der Waals surface area contributed by atoms with E-state index in [0.29, 0.717) is 0 Å². The first-order valence-electron chi connectivity index (χ1n) is 5.39. The summed E-state index contributed by atoms with van der Waals surface area (Å²) in [4.78, 5) is 0. The third kappa shape index (κ3) is 3.00. The fourth-order valence-electron chi connectivity index (χ4n) is 2.36. The molecule has 0 saturated heterocycles. The lowest BCUT2D eigenvalue weighted by molar-refractivity contribution is 0.390. The number of hydrogen-bond donors (Lipinski definition) is 0. The van der Waals surface area contributed by atoms with Crippen molar-refractivity contribution in [2.24, 2.45) is 11.8 Å². The molecule has 0 bridgehead atoms. The van der Waals surface area contributed by atoms with Crippen LogP contribution in [-0.4, -0.2) is 0 Å². The third-order valence-electron chi connectivity index (χ3n) is 2.82. The summed E-state index contributed by atoms with van der Waals surface area (Å²) in [7, 11) is 0. The molecule has 0 radical (unpaired) electrons. The van der Waals surface area contributed by atoms with Gasteiger partial charge in [-0.3, -0.25) is 0 Å². The smallest absolute Gasteiger partial charge is 0.0228 e. The van der Waals surface area contributed by atoms with Gasteiger partial charge in [0.1, 0.15) is 0 Å². The van der Waals surface area contributed by atoms with Crippen LogP contribution in [0.3, 0.4) is 0 Å². The minimum atomic E-state index is 0.897. The van der Waals surface area contributed by atoms with E-state index in [1.54, 1.807) is 5.57 Å². The van der Waals surface area contributed by atoms with Crippen LogP contribution in [0.4, 0.5) is 0 Å². The highest BCUT2D eigenvalue weighted by molar-refractivity contribution is 5.06. The molecule has 1 aliphatic carbocycles. The maximum absolute atomic E-state index is 2.51. The molecular weight excluding hydrogens is 144 g/mol. The Morgan fingerprint density at radius 3 is 2.83 bits per heavy atom. The summed E-state index contributed by atoms with van der Waals surface area (Å²) in [5, 5.41) is 0. The number of allylic oxidation sites excluding steroid dienone is 2. The lowest BCUT2D eigenvalue weighted by Gasteiger charge is -2.24. The van der Waals surface area contributed by atoms with Crippen molar-refractivity contribution in [3.8, 4) is 0 Å². The summed E-state index contributed by atoms with van der Waals surface area (Å²) in [6.45, 7) is 6.95. The molecule has 0 heteroatoms. The predicted octanol–water partition coefficient (Wildman–Crippen LogP) is 4.17. The first-order chi connectivity index (χ1) is 5.72. The van der Waals surface area contributed by atoms with E-state index in [1.165, 1.54) is 32.1 Å². The van der Waals surface area contributed by atoms with Gasteiger partial charge in [-0.15, -0.1) is 0 Å². The second-order valence-corrected chi connectivity index (χ2v) is 4.46. The van der Waals surface area contributed by atoms with Crippen molar-refractivity contribution in [3.63, 3.8) is 0 Å². The van der Waals surface area contributed by atoms with Crippen LogP contribution in [0.25, 0.3) is 0 Å². The van der Waals surface area contributed by atoms with Crippen LogP contribution in [0.2, 0.25) is 0 Å². The van der Waals surface area contributed by atoms with E-state index in [0.717, 1.165) is 11.8 Å². The zero-order chi connectivity index (χ0) is 8.97. The average Bonchev–Trinajstić information content (AvgIpc) is 1.99. The van der Waals surface area contributed by atoms with E-state index in [-0.39, 0.29) is 0 Å². The van der Waals surface area contributed by atoms with Gasteiger partial charge in [0, 0.05) is 0 Å². The topological polar surface area (TPSA) is 0 Å². The van der Waals surface area contributed by atoms with Gasteiger partial charge in [0.25, 0.3) is 0 Å². The molecule has 12 heavy (non-hydrogen) atoms. The van der Waals surface area contributed by atoms with Crippen LogP contribution in [0.15, 0.2) is 11.6 Å². The van der Waals surface area contributed by atoms with Gasteiger partial charge in [-0.05, 0) is 38.0 Å². The van der Waals surface area contributed by atoms with Gasteiger partial charge in [-0.2, -0.15) is 0 Å². The molecule has 0 fully saturated rings. The molecule has 1 aliphatic rings. The van der Waals surface area contributed by atoms with Crippen molar-refractivity contribution >= 4 is 0 Å². The predicted molar refractivity (Wildman–Crippen MR) is 55.2 cm³/mol. The van der Waals surface area contributed by atoms with Crippen molar-refractivity contribution in [2.75, 3.05) is 0 Å². The van der Waals surface area contributed by atoms with Gasteiger partial charge in [0.05, 0.1) is 0 Å². The Morgan fingerprint density at radius 1 is 1.50 bits per heavy atom. The molecule has 0 aliphatic heterocycles. The summed E-state index contributed by atoms with van der Waals surface area (Å²) in [5.41, 5.74) is 1.62. The molecule has 0 N–H and O–H groups in total. The fraction of sp³-hybridized carbons (Fsp3) is 0.833. The fourth-order valence-corrected chi connectivity index (χ4v) is 2.36. The standard InChI is InChI=1S/C12H22/c1-4-5-6-12-8-10(2)7-11(3)9-12/h8,11-12H,4-7,9H2,1-3H3. The maximum Gasteiger partial charge on any atom is -0.0228 e. The van der Waals surface area contributed by atoms with Gasteiger partial charge in [0.15, 0.2) is 0 Å². The van der Waals surface area contributed by atoms with Gasteiger partial charge in [-0.25, -0.2) is 0 Å². The molecule has 0 amide bonds. The van der Waals surface area contributed by atoms with E-state index >= 15 is 0 Å². The quantitative estimate of drug-likeness (QED) is 0.552. The maximum atomic E-state index is 2.51. The SMILES string of the molecule is CCCCC1C=C(C)CC(C)C1. The van der Waals surface area contributed by atoms with Gasteiger partial charge < -0.3 is 0 Å². The Labute approximate surface area is 77.1 Å². The van der Waals surface area contributed by atoms with Gasteiger partial charge in [-0.1, -0.05) is 38.3 Å². The van der Waals surface area contributed by atoms with Crippen LogP contribution in [0.5, 0.6) is 0 Å². The van der Waals surface area contributed by atoms with E-state index in [1.807, 2.05) is 0 Å². The molecular formula is C12H22. The molecule has 0 aromatic carbocycles. The second kappa shape index (κ2) is 4.69. The average molecular weight is 166 g/mol. The van der Waals surface area contributed by atoms with Crippen molar-refractivity contribution < 1.29 is 0 Å². The lowest BCUT2D eigenvalue weighted by Crippen LogP contribution is -2.10. The van der Waals surface area contributed by atoms with Crippen LogP contribution < -0.4 is 0 Å². The van der Waals surface area contributed by atoms with E-state index < -0.39 is 0 Å². The zero-order valence-corrected chi connectivity index (χ0v) is 8.77. The molecule has 1 rings (SSSR count). The number of unbranched alkanes of at least 4 members (excludes halogenated alkanes) is 1. The van der Waals surface area contributed by atoms with E-state index in [4.69, 9.17) is 0 Å². The second-order valence-electron chi connectivity index (χ2n) is 4.46. The molecule has 0 aromatic heterocycles. The largest absolute Gasteiger partial charge is 0.0825 e. The first kappa shape index (κ1) is 9.83. The molecule has 0 spiro atoms. The summed E-state index contributed by atoms with van der Waals surface area (Å²) in [6, 6.07) is 0. The monoisotopic (exact) mass is 166 g/mol. The molecule has 0 nitrogen and oxygen atoms in total. The molecule has 0 aromatic rings.